The van der Waals surface area contributed by atoms with E-state index in [9.17, 15) is 4.39 Å². The van der Waals surface area contributed by atoms with E-state index in [1.165, 1.54) is 17.2 Å². The molecule has 0 saturated heterocycles. The number of rotatable bonds is 5. The van der Waals surface area contributed by atoms with Gasteiger partial charge >= 0.3 is 0 Å². The summed E-state index contributed by atoms with van der Waals surface area (Å²) in [6.07, 6.45) is 0.776. The number of hydrogen-bond donors (Lipinski definition) is 1. The minimum absolute atomic E-state index is 0.0961. The van der Waals surface area contributed by atoms with Gasteiger partial charge in [-0.05, 0) is 18.6 Å². The molecule has 2 aromatic carbocycles. The van der Waals surface area contributed by atoms with Crippen LogP contribution >= 0.6 is 0 Å². The van der Waals surface area contributed by atoms with Crippen molar-refractivity contribution in [3.05, 3.63) is 71.0 Å². The Balaban J connectivity index is 1.76. The van der Waals surface area contributed by atoms with Crippen LogP contribution in [0.3, 0.4) is 0 Å². The van der Waals surface area contributed by atoms with Crippen LogP contribution in [0.25, 0.3) is 0 Å². The first-order valence-electron chi connectivity index (χ1n) is 6.36. The Morgan fingerprint density at radius 1 is 1.00 bits per heavy atom. The Hall–Kier alpha value is -1.67. The van der Waals surface area contributed by atoms with Crippen molar-refractivity contribution in [3.8, 4) is 0 Å². The largest absolute Gasteiger partial charge is 0.342 e. The summed E-state index contributed by atoms with van der Waals surface area (Å²) in [5.41, 5.74) is 3.40. The van der Waals surface area contributed by atoms with Crippen molar-refractivity contribution < 1.29 is 9.71 Å². The number of hydrogen-bond acceptors (Lipinski definition) is 0. The van der Waals surface area contributed by atoms with Crippen molar-refractivity contribution in [1.29, 1.82) is 0 Å². The molecule has 0 amide bonds. The van der Waals surface area contributed by atoms with Crippen LogP contribution in [-0.4, -0.2) is 6.54 Å². The average Bonchev–Trinajstić information content (AvgIpc) is 2.39. The Morgan fingerprint density at radius 3 is 2.44 bits per heavy atom. The van der Waals surface area contributed by atoms with E-state index in [0.29, 0.717) is 0 Å². The van der Waals surface area contributed by atoms with Crippen molar-refractivity contribution in [2.45, 2.75) is 19.9 Å². The second kappa shape index (κ2) is 6.31. The van der Waals surface area contributed by atoms with Crippen molar-refractivity contribution in [2.24, 2.45) is 0 Å². The molecule has 0 saturated carbocycles. The topological polar surface area (TPSA) is 16.6 Å². The first kappa shape index (κ1) is 12.8. The quantitative estimate of drug-likeness (QED) is 0.778. The molecule has 0 spiro atoms. The van der Waals surface area contributed by atoms with E-state index >= 15 is 0 Å². The first-order chi connectivity index (χ1) is 8.75. The zero-order chi connectivity index (χ0) is 12.8. The average molecular weight is 244 g/mol. The van der Waals surface area contributed by atoms with Crippen molar-refractivity contribution in [3.63, 3.8) is 0 Å². The number of aryl methyl sites for hydroxylation is 1. The highest BCUT2D eigenvalue weighted by Crippen LogP contribution is 2.05. The Labute approximate surface area is 108 Å². The van der Waals surface area contributed by atoms with E-state index in [0.717, 1.165) is 25.1 Å². The fourth-order valence-corrected chi connectivity index (χ4v) is 1.95. The van der Waals surface area contributed by atoms with Gasteiger partial charge in [0, 0.05) is 12.0 Å². The third-order valence-electron chi connectivity index (χ3n) is 3.08. The summed E-state index contributed by atoms with van der Waals surface area (Å²) in [5, 5.41) is 2.22. The van der Waals surface area contributed by atoms with Gasteiger partial charge in [0.1, 0.15) is 12.4 Å². The lowest BCUT2D eigenvalue weighted by Crippen LogP contribution is -2.83. The monoisotopic (exact) mass is 244 g/mol. The SMILES string of the molecule is Cc1ccc(C[NH2+]CCc2ccccc2F)cc1. The van der Waals surface area contributed by atoms with Gasteiger partial charge in [-0.25, -0.2) is 4.39 Å². The highest BCUT2D eigenvalue weighted by Gasteiger charge is 2.01. The van der Waals surface area contributed by atoms with Gasteiger partial charge in [0.05, 0.1) is 6.54 Å². The van der Waals surface area contributed by atoms with E-state index in [1.54, 1.807) is 6.07 Å². The number of nitrogens with two attached hydrogens (primary N) is 1. The first-order valence-corrected chi connectivity index (χ1v) is 6.36. The van der Waals surface area contributed by atoms with Crippen LogP contribution in [0.1, 0.15) is 16.7 Å². The van der Waals surface area contributed by atoms with Crippen LogP contribution in [0.15, 0.2) is 48.5 Å². The predicted octanol–water partition coefficient (Wildman–Crippen LogP) is 2.44. The number of benzene rings is 2. The minimum Gasteiger partial charge on any atom is -0.342 e. The molecule has 0 radical (unpaired) electrons. The van der Waals surface area contributed by atoms with Gasteiger partial charge in [-0.15, -0.1) is 0 Å². The molecule has 2 N–H and O–H groups in total. The zero-order valence-electron chi connectivity index (χ0n) is 10.7. The number of halogens is 1. The van der Waals surface area contributed by atoms with E-state index in [-0.39, 0.29) is 5.82 Å². The summed E-state index contributed by atoms with van der Waals surface area (Å²) in [5.74, 6) is -0.0961. The highest BCUT2D eigenvalue weighted by molar-refractivity contribution is 5.20. The van der Waals surface area contributed by atoms with E-state index < -0.39 is 0 Å². The molecule has 0 atom stereocenters. The van der Waals surface area contributed by atoms with Gasteiger partial charge in [-0.1, -0.05) is 48.0 Å². The number of quaternary nitrogens is 1. The summed E-state index contributed by atoms with van der Waals surface area (Å²) in [4.78, 5) is 0. The molecule has 0 fully saturated rings. The minimum atomic E-state index is -0.0961. The van der Waals surface area contributed by atoms with Crippen LogP contribution in [0, 0.1) is 12.7 Å². The van der Waals surface area contributed by atoms with Crippen molar-refractivity contribution >= 4 is 0 Å². The normalized spacial score (nSPS) is 10.6. The molecular formula is C16H19FN+. The van der Waals surface area contributed by atoms with Gasteiger partial charge < -0.3 is 5.32 Å². The molecule has 0 unspecified atom stereocenters. The van der Waals surface area contributed by atoms with Crippen molar-refractivity contribution in [1.82, 2.24) is 0 Å². The van der Waals surface area contributed by atoms with Crippen LogP contribution < -0.4 is 5.32 Å². The summed E-state index contributed by atoms with van der Waals surface area (Å²) >= 11 is 0. The van der Waals surface area contributed by atoms with Crippen LogP contribution in [-0.2, 0) is 13.0 Å². The van der Waals surface area contributed by atoms with Gasteiger partial charge in [0.15, 0.2) is 0 Å². The Kier molecular flexibility index (Phi) is 4.48. The van der Waals surface area contributed by atoms with E-state index in [1.807, 2.05) is 12.1 Å². The molecule has 2 rings (SSSR count). The third kappa shape index (κ3) is 3.67. The van der Waals surface area contributed by atoms with E-state index in [2.05, 4.69) is 36.5 Å². The molecule has 2 aromatic rings. The van der Waals surface area contributed by atoms with Gasteiger partial charge in [0.25, 0.3) is 0 Å². The third-order valence-corrected chi connectivity index (χ3v) is 3.08. The molecule has 18 heavy (non-hydrogen) atoms. The highest BCUT2D eigenvalue weighted by atomic mass is 19.1. The maximum atomic E-state index is 13.4. The molecule has 94 valence electrons. The van der Waals surface area contributed by atoms with Gasteiger partial charge in [-0.3, -0.25) is 0 Å². The molecule has 0 aliphatic carbocycles. The smallest absolute Gasteiger partial charge is 0.126 e. The summed E-state index contributed by atoms with van der Waals surface area (Å²) < 4.78 is 13.4. The predicted molar refractivity (Wildman–Crippen MR) is 71.8 cm³/mol. The Bertz CT molecular complexity index is 491. The fraction of sp³-hybridized carbons (Fsp3) is 0.250. The lowest BCUT2D eigenvalue weighted by atomic mass is 10.1. The molecule has 0 aromatic heterocycles. The standard InChI is InChI=1S/C16H18FN/c1-13-6-8-14(9-7-13)12-18-11-10-15-4-2-3-5-16(15)17/h2-9,18H,10-12H2,1H3/p+1. The van der Waals surface area contributed by atoms with Crippen LogP contribution in [0.2, 0.25) is 0 Å². The summed E-state index contributed by atoms with van der Waals surface area (Å²) in [6.45, 7) is 3.95. The molecule has 0 aliphatic rings. The lowest BCUT2D eigenvalue weighted by molar-refractivity contribution is -0.670. The fourth-order valence-electron chi connectivity index (χ4n) is 1.95. The molecule has 2 heteroatoms. The van der Waals surface area contributed by atoms with Gasteiger partial charge in [0.2, 0.25) is 0 Å². The molecule has 0 bridgehead atoms. The summed E-state index contributed by atoms with van der Waals surface area (Å²) in [7, 11) is 0. The molecule has 0 aliphatic heterocycles. The van der Waals surface area contributed by atoms with Crippen LogP contribution in [0.4, 0.5) is 4.39 Å². The van der Waals surface area contributed by atoms with Crippen LogP contribution in [0.5, 0.6) is 0 Å². The second-order valence-corrected chi connectivity index (χ2v) is 4.61. The molecule has 1 nitrogen and oxygen atoms in total. The maximum Gasteiger partial charge on any atom is 0.126 e. The molecular weight excluding hydrogens is 225 g/mol. The van der Waals surface area contributed by atoms with Crippen molar-refractivity contribution in [2.75, 3.05) is 6.54 Å². The lowest BCUT2D eigenvalue weighted by Gasteiger charge is -2.04. The maximum absolute atomic E-state index is 13.4. The van der Waals surface area contributed by atoms with Gasteiger partial charge in [-0.2, -0.15) is 0 Å². The Morgan fingerprint density at radius 2 is 1.72 bits per heavy atom. The summed E-state index contributed by atoms with van der Waals surface area (Å²) in [6, 6.07) is 15.5. The molecule has 0 heterocycles. The second-order valence-electron chi connectivity index (χ2n) is 4.61. The zero-order valence-corrected chi connectivity index (χ0v) is 10.7. The van der Waals surface area contributed by atoms with E-state index in [4.69, 9.17) is 0 Å².